The van der Waals surface area contributed by atoms with Crippen molar-refractivity contribution in [2.75, 3.05) is 0 Å². The Morgan fingerprint density at radius 2 is 1.21 bits per heavy atom. The molecule has 0 aromatic rings. The molecule has 0 nitrogen and oxygen atoms in total. The van der Waals surface area contributed by atoms with Crippen LogP contribution in [0, 0.1) is 23.7 Å². The van der Waals surface area contributed by atoms with E-state index in [-0.39, 0.29) is 0 Å². The van der Waals surface area contributed by atoms with E-state index < -0.39 is 0 Å². The smallest absolute Gasteiger partial charge is 0.0233 e. The second kappa shape index (κ2) is 7.92. The molecule has 2 saturated carbocycles. The van der Waals surface area contributed by atoms with Gasteiger partial charge in [-0.25, -0.2) is 0 Å². The van der Waals surface area contributed by atoms with Crippen molar-refractivity contribution in [2.24, 2.45) is 23.7 Å². The maximum Gasteiger partial charge on any atom is -0.0233 e. The van der Waals surface area contributed by atoms with Gasteiger partial charge in [-0.3, -0.25) is 0 Å². The molecule has 0 unspecified atom stereocenters. The van der Waals surface area contributed by atoms with E-state index in [1.165, 1.54) is 57.8 Å². The number of rotatable bonds is 4. The molecule has 2 aliphatic rings. The first-order valence-electron chi connectivity index (χ1n) is 8.63. The summed E-state index contributed by atoms with van der Waals surface area (Å²) in [6.45, 7) is 4.41. The maximum atomic E-state index is 2.49. The van der Waals surface area contributed by atoms with Crippen LogP contribution in [0.1, 0.15) is 71.6 Å². The molecule has 19 heavy (non-hydrogen) atoms. The van der Waals surface area contributed by atoms with Gasteiger partial charge >= 0.3 is 0 Å². The number of hydrogen-bond acceptors (Lipinski definition) is 0. The molecule has 0 saturated heterocycles. The molecule has 0 heteroatoms. The summed E-state index contributed by atoms with van der Waals surface area (Å²) in [5.74, 6) is 3.90. The van der Waals surface area contributed by atoms with Crippen LogP contribution in [0.25, 0.3) is 0 Å². The molecule has 0 aromatic heterocycles. The highest BCUT2D eigenvalue weighted by atomic mass is 14.3. The van der Waals surface area contributed by atoms with Crippen LogP contribution in [-0.4, -0.2) is 0 Å². The lowest BCUT2D eigenvalue weighted by molar-refractivity contribution is 0.166. The fourth-order valence-corrected chi connectivity index (χ4v) is 4.22. The molecular formula is C19H32. The summed E-state index contributed by atoms with van der Waals surface area (Å²) >= 11 is 0. The van der Waals surface area contributed by atoms with Gasteiger partial charge in [-0.15, -0.1) is 0 Å². The van der Waals surface area contributed by atoms with Gasteiger partial charge < -0.3 is 0 Å². The van der Waals surface area contributed by atoms with Crippen molar-refractivity contribution in [3.8, 4) is 0 Å². The van der Waals surface area contributed by atoms with Crippen molar-refractivity contribution < 1.29 is 0 Å². The minimum Gasteiger partial charge on any atom is -0.0914 e. The Hall–Kier alpha value is -0.520. The predicted molar refractivity (Wildman–Crippen MR) is 85.1 cm³/mol. The quantitative estimate of drug-likeness (QED) is 0.532. The van der Waals surface area contributed by atoms with E-state index in [2.05, 4.69) is 38.2 Å². The molecule has 0 radical (unpaired) electrons. The molecule has 2 rings (SSSR count). The third-order valence-electron chi connectivity index (χ3n) is 5.41. The van der Waals surface area contributed by atoms with Crippen LogP contribution < -0.4 is 0 Å². The first-order chi connectivity index (χ1) is 9.33. The molecule has 108 valence electrons. The lowest BCUT2D eigenvalue weighted by atomic mass is 9.69. The zero-order chi connectivity index (χ0) is 13.5. The zero-order valence-corrected chi connectivity index (χ0v) is 13.0. The van der Waals surface area contributed by atoms with Gasteiger partial charge in [0.15, 0.2) is 0 Å². The van der Waals surface area contributed by atoms with Gasteiger partial charge in [-0.1, -0.05) is 31.2 Å². The minimum absolute atomic E-state index is 0.894. The molecule has 2 aliphatic carbocycles. The summed E-state index contributed by atoms with van der Waals surface area (Å²) < 4.78 is 0. The Balaban J connectivity index is 1.72. The zero-order valence-electron chi connectivity index (χ0n) is 13.0. The highest BCUT2D eigenvalue weighted by Crippen LogP contribution is 2.41. The monoisotopic (exact) mass is 260 g/mol. The van der Waals surface area contributed by atoms with Gasteiger partial charge in [0.05, 0.1) is 0 Å². The van der Waals surface area contributed by atoms with Crippen molar-refractivity contribution in [3.63, 3.8) is 0 Å². The largest absolute Gasteiger partial charge is 0.0914 e. The summed E-state index contributed by atoms with van der Waals surface area (Å²) in [5, 5.41) is 0. The number of hydrogen-bond donors (Lipinski definition) is 0. The van der Waals surface area contributed by atoms with E-state index in [0.717, 1.165) is 23.7 Å². The van der Waals surface area contributed by atoms with Crippen LogP contribution >= 0.6 is 0 Å². The summed E-state index contributed by atoms with van der Waals surface area (Å²) in [6, 6.07) is 0. The molecule has 0 bridgehead atoms. The van der Waals surface area contributed by atoms with E-state index in [0.29, 0.717) is 0 Å². The first-order valence-corrected chi connectivity index (χ1v) is 8.63. The molecule has 0 aromatic carbocycles. The van der Waals surface area contributed by atoms with Crippen LogP contribution in [0.4, 0.5) is 0 Å². The van der Waals surface area contributed by atoms with Crippen LogP contribution in [0.3, 0.4) is 0 Å². The van der Waals surface area contributed by atoms with Gasteiger partial charge in [0.2, 0.25) is 0 Å². The van der Waals surface area contributed by atoms with Crippen molar-refractivity contribution >= 4 is 0 Å². The van der Waals surface area contributed by atoms with Gasteiger partial charge in [0.1, 0.15) is 0 Å². The van der Waals surface area contributed by atoms with E-state index in [1.54, 1.807) is 0 Å². The summed E-state index contributed by atoms with van der Waals surface area (Å²) in [5.41, 5.74) is 0. The first kappa shape index (κ1) is 14.9. The average Bonchev–Trinajstić information content (AvgIpc) is 2.47. The maximum absolute atomic E-state index is 2.49. The molecule has 0 atom stereocenters. The second-order valence-electron chi connectivity index (χ2n) is 6.71. The van der Waals surface area contributed by atoms with Crippen LogP contribution in [-0.2, 0) is 0 Å². The van der Waals surface area contributed by atoms with Crippen molar-refractivity contribution in [1.82, 2.24) is 0 Å². The Labute approximate surface area is 120 Å². The molecule has 0 amide bonds. The fourth-order valence-electron chi connectivity index (χ4n) is 4.22. The third kappa shape index (κ3) is 4.51. The van der Waals surface area contributed by atoms with E-state index in [9.17, 15) is 0 Å². The third-order valence-corrected chi connectivity index (χ3v) is 5.41. The minimum atomic E-state index is 0.894. The SMILES string of the molecule is C/C=C/C1CCC(C2CCC(/C=C/CC)CC2)CC1. The van der Waals surface area contributed by atoms with E-state index in [1.807, 2.05) is 0 Å². The van der Waals surface area contributed by atoms with Gasteiger partial charge in [-0.2, -0.15) is 0 Å². The predicted octanol–water partition coefficient (Wildman–Crippen LogP) is 6.14. The normalized spacial score (nSPS) is 37.2. The average molecular weight is 260 g/mol. The molecule has 0 spiro atoms. The Morgan fingerprint density at radius 3 is 1.63 bits per heavy atom. The van der Waals surface area contributed by atoms with E-state index >= 15 is 0 Å². The molecule has 0 N–H and O–H groups in total. The van der Waals surface area contributed by atoms with Crippen LogP contribution in [0.2, 0.25) is 0 Å². The Morgan fingerprint density at radius 1 is 0.737 bits per heavy atom. The van der Waals surface area contributed by atoms with Crippen molar-refractivity contribution in [3.05, 3.63) is 24.3 Å². The van der Waals surface area contributed by atoms with E-state index in [4.69, 9.17) is 0 Å². The lowest BCUT2D eigenvalue weighted by Gasteiger charge is -2.36. The topological polar surface area (TPSA) is 0 Å². The molecular weight excluding hydrogens is 228 g/mol. The Bertz CT molecular complexity index is 283. The lowest BCUT2D eigenvalue weighted by Crippen LogP contribution is -2.25. The van der Waals surface area contributed by atoms with Crippen LogP contribution in [0.15, 0.2) is 24.3 Å². The summed E-state index contributed by atoms with van der Waals surface area (Å²) in [7, 11) is 0. The molecule has 2 fully saturated rings. The second-order valence-corrected chi connectivity index (χ2v) is 6.71. The highest BCUT2D eigenvalue weighted by Gasteiger charge is 2.29. The summed E-state index contributed by atoms with van der Waals surface area (Å²) in [6.07, 6.45) is 22.5. The van der Waals surface area contributed by atoms with Crippen molar-refractivity contribution in [2.45, 2.75) is 71.6 Å². The number of allylic oxidation sites excluding steroid dienone is 4. The molecule has 0 heterocycles. The fraction of sp³-hybridized carbons (Fsp3) is 0.789. The van der Waals surface area contributed by atoms with Gasteiger partial charge in [0.25, 0.3) is 0 Å². The van der Waals surface area contributed by atoms with Gasteiger partial charge in [0, 0.05) is 0 Å². The van der Waals surface area contributed by atoms with Gasteiger partial charge in [-0.05, 0) is 88.4 Å². The summed E-state index contributed by atoms with van der Waals surface area (Å²) in [4.78, 5) is 0. The Kier molecular flexibility index (Phi) is 6.20. The van der Waals surface area contributed by atoms with Crippen molar-refractivity contribution in [1.29, 1.82) is 0 Å². The standard InChI is InChI=1S/C19H32/c1-3-5-7-17-10-14-19(15-11-17)18-12-8-16(6-4-2)9-13-18/h4-7,16-19H,3,8-15H2,1-2H3/b6-4+,7-5+. The highest BCUT2D eigenvalue weighted by molar-refractivity contribution is 4.93. The van der Waals surface area contributed by atoms with Crippen LogP contribution in [0.5, 0.6) is 0 Å². The molecule has 0 aliphatic heterocycles.